The van der Waals surface area contributed by atoms with Crippen molar-refractivity contribution in [1.29, 1.82) is 0 Å². The van der Waals surface area contributed by atoms with Crippen LogP contribution in [-0.4, -0.2) is 10.2 Å². The summed E-state index contributed by atoms with van der Waals surface area (Å²) in [6, 6.07) is 4.64. The molecule has 1 aliphatic rings. The molecule has 0 bridgehead atoms. The molecule has 88 valence electrons. The molecule has 1 fully saturated rings. The van der Waals surface area contributed by atoms with Gasteiger partial charge >= 0.3 is 0 Å². The van der Waals surface area contributed by atoms with Gasteiger partial charge in [0.25, 0.3) is 0 Å². The van der Waals surface area contributed by atoms with E-state index >= 15 is 0 Å². The molecule has 1 aromatic heterocycles. The van der Waals surface area contributed by atoms with E-state index < -0.39 is 0 Å². The van der Waals surface area contributed by atoms with E-state index in [4.69, 9.17) is 11.6 Å². The Balaban J connectivity index is 2.15. The van der Waals surface area contributed by atoms with Crippen LogP contribution in [0.4, 0.5) is 4.39 Å². The smallest absolute Gasteiger partial charge is 0.134 e. The SMILES string of the molecule is Fc1cccc(Cl)c1-c1n[nH]c(C2CC2)c1Br. The summed E-state index contributed by atoms with van der Waals surface area (Å²) in [5, 5.41) is 7.51. The summed E-state index contributed by atoms with van der Waals surface area (Å²) in [6.07, 6.45) is 2.32. The van der Waals surface area contributed by atoms with Crippen molar-refractivity contribution < 1.29 is 4.39 Å². The Hall–Kier alpha value is -0.870. The molecule has 1 saturated carbocycles. The van der Waals surface area contributed by atoms with Gasteiger partial charge in [0.2, 0.25) is 0 Å². The van der Waals surface area contributed by atoms with Gasteiger partial charge in [-0.25, -0.2) is 4.39 Å². The summed E-state index contributed by atoms with van der Waals surface area (Å²) in [7, 11) is 0. The van der Waals surface area contributed by atoms with Crippen molar-refractivity contribution in [3.8, 4) is 11.3 Å². The Morgan fingerprint density at radius 2 is 2.18 bits per heavy atom. The van der Waals surface area contributed by atoms with E-state index in [-0.39, 0.29) is 5.82 Å². The molecule has 3 rings (SSSR count). The van der Waals surface area contributed by atoms with Crippen molar-refractivity contribution in [2.75, 3.05) is 0 Å². The van der Waals surface area contributed by atoms with E-state index in [9.17, 15) is 4.39 Å². The van der Waals surface area contributed by atoms with Gasteiger partial charge in [-0.05, 0) is 40.9 Å². The number of aromatic amines is 1. The molecule has 1 aromatic carbocycles. The maximum absolute atomic E-state index is 13.8. The predicted octanol–water partition coefficient (Wildman–Crippen LogP) is 4.51. The lowest BCUT2D eigenvalue weighted by molar-refractivity contribution is 0.630. The molecule has 0 aliphatic heterocycles. The molecule has 5 heteroatoms. The zero-order valence-corrected chi connectivity index (χ0v) is 11.1. The first-order valence-electron chi connectivity index (χ1n) is 5.36. The average molecular weight is 316 g/mol. The van der Waals surface area contributed by atoms with Crippen molar-refractivity contribution in [3.05, 3.63) is 39.2 Å². The van der Waals surface area contributed by atoms with Gasteiger partial charge in [0.05, 0.1) is 20.8 Å². The first kappa shape index (κ1) is 11.2. The van der Waals surface area contributed by atoms with E-state index in [0.29, 0.717) is 22.2 Å². The average Bonchev–Trinajstić information content (AvgIpc) is 3.05. The van der Waals surface area contributed by atoms with Crippen molar-refractivity contribution in [1.82, 2.24) is 10.2 Å². The molecule has 2 aromatic rings. The summed E-state index contributed by atoms with van der Waals surface area (Å²) < 4.78 is 14.6. The largest absolute Gasteiger partial charge is 0.280 e. The summed E-state index contributed by atoms with van der Waals surface area (Å²) in [4.78, 5) is 0. The van der Waals surface area contributed by atoms with E-state index in [0.717, 1.165) is 23.0 Å². The molecule has 0 spiro atoms. The Labute approximate surface area is 111 Å². The van der Waals surface area contributed by atoms with Gasteiger partial charge in [0.15, 0.2) is 0 Å². The van der Waals surface area contributed by atoms with Crippen molar-refractivity contribution in [3.63, 3.8) is 0 Å². The van der Waals surface area contributed by atoms with E-state index in [1.165, 1.54) is 6.07 Å². The maximum atomic E-state index is 13.8. The van der Waals surface area contributed by atoms with Crippen LogP contribution in [0.1, 0.15) is 24.5 Å². The zero-order chi connectivity index (χ0) is 12.0. The standard InChI is InChI=1S/C12H9BrClFN2/c13-10-11(6-4-5-6)16-17-12(10)9-7(14)2-1-3-8(9)15/h1-3,6H,4-5H2,(H,16,17). The molecule has 1 N–H and O–H groups in total. The van der Waals surface area contributed by atoms with Crippen molar-refractivity contribution >= 4 is 27.5 Å². The second kappa shape index (κ2) is 4.10. The van der Waals surface area contributed by atoms with E-state index in [2.05, 4.69) is 26.1 Å². The highest BCUT2D eigenvalue weighted by Crippen LogP contribution is 2.45. The number of aromatic nitrogens is 2. The van der Waals surface area contributed by atoms with Gasteiger partial charge in [-0.2, -0.15) is 5.10 Å². The lowest BCUT2D eigenvalue weighted by Gasteiger charge is -2.03. The third kappa shape index (κ3) is 1.89. The third-order valence-electron chi connectivity index (χ3n) is 2.92. The van der Waals surface area contributed by atoms with Crippen LogP contribution in [0.25, 0.3) is 11.3 Å². The van der Waals surface area contributed by atoms with Crippen LogP contribution < -0.4 is 0 Å². The van der Waals surface area contributed by atoms with Gasteiger partial charge in [0.1, 0.15) is 11.5 Å². The molecule has 0 radical (unpaired) electrons. The fourth-order valence-corrected chi connectivity index (χ4v) is 2.83. The third-order valence-corrected chi connectivity index (χ3v) is 4.04. The first-order valence-corrected chi connectivity index (χ1v) is 6.53. The molecular formula is C12H9BrClFN2. The fourth-order valence-electron chi connectivity index (χ4n) is 1.87. The molecular weight excluding hydrogens is 307 g/mol. The number of nitrogens with one attached hydrogen (secondary N) is 1. The second-order valence-electron chi connectivity index (χ2n) is 4.17. The van der Waals surface area contributed by atoms with Crippen LogP contribution in [0.5, 0.6) is 0 Å². The molecule has 0 amide bonds. The second-order valence-corrected chi connectivity index (χ2v) is 5.37. The van der Waals surface area contributed by atoms with Gasteiger partial charge in [-0.15, -0.1) is 0 Å². The van der Waals surface area contributed by atoms with E-state index in [1.807, 2.05) is 0 Å². The predicted molar refractivity (Wildman–Crippen MR) is 68.7 cm³/mol. The monoisotopic (exact) mass is 314 g/mol. The van der Waals surface area contributed by atoms with Crippen molar-refractivity contribution in [2.24, 2.45) is 0 Å². The van der Waals surface area contributed by atoms with Gasteiger partial charge in [-0.1, -0.05) is 17.7 Å². The summed E-state index contributed by atoms with van der Waals surface area (Å²) in [5.74, 6) is 0.170. The molecule has 17 heavy (non-hydrogen) atoms. The van der Waals surface area contributed by atoms with E-state index in [1.54, 1.807) is 12.1 Å². The van der Waals surface area contributed by atoms with Crippen LogP contribution in [0.2, 0.25) is 5.02 Å². The zero-order valence-electron chi connectivity index (χ0n) is 8.80. The normalized spacial score (nSPS) is 15.2. The number of benzene rings is 1. The van der Waals surface area contributed by atoms with Gasteiger partial charge in [-0.3, -0.25) is 5.10 Å². The van der Waals surface area contributed by atoms with Crippen LogP contribution >= 0.6 is 27.5 Å². The molecule has 2 nitrogen and oxygen atoms in total. The summed E-state index contributed by atoms with van der Waals surface area (Å²) in [6.45, 7) is 0. The van der Waals surface area contributed by atoms with Crippen LogP contribution in [-0.2, 0) is 0 Å². The Bertz CT molecular complexity index is 558. The number of hydrogen-bond acceptors (Lipinski definition) is 1. The highest BCUT2D eigenvalue weighted by molar-refractivity contribution is 9.10. The molecule has 1 aliphatic carbocycles. The quantitative estimate of drug-likeness (QED) is 0.868. The minimum Gasteiger partial charge on any atom is -0.280 e. The first-order chi connectivity index (χ1) is 8.18. The number of H-pyrrole nitrogens is 1. The number of rotatable bonds is 2. The molecule has 1 heterocycles. The minimum absolute atomic E-state index is 0.351. The Morgan fingerprint density at radius 1 is 1.41 bits per heavy atom. The fraction of sp³-hybridized carbons (Fsp3) is 0.250. The number of hydrogen-bond donors (Lipinski definition) is 1. The summed E-state index contributed by atoms with van der Waals surface area (Å²) >= 11 is 9.50. The number of nitrogens with zero attached hydrogens (tertiary/aromatic N) is 1. The topological polar surface area (TPSA) is 28.7 Å². The lowest BCUT2D eigenvalue weighted by atomic mass is 10.1. The highest BCUT2D eigenvalue weighted by atomic mass is 79.9. The Morgan fingerprint density at radius 3 is 2.82 bits per heavy atom. The minimum atomic E-state index is -0.355. The summed E-state index contributed by atoms with van der Waals surface area (Å²) in [5.41, 5.74) is 1.94. The lowest BCUT2D eigenvalue weighted by Crippen LogP contribution is -1.87. The van der Waals surface area contributed by atoms with Gasteiger partial charge < -0.3 is 0 Å². The molecule has 0 saturated heterocycles. The molecule has 0 unspecified atom stereocenters. The number of halogens is 3. The van der Waals surface area contributed by atoms with Crippen molar-refractivity contribution in [2.45, 2.75) is 18.8 Å². The van der Waals surface area contributed by atoms with Crippen LogP contribution in [0.3, 0.4) is 0 Å². The van der Waals surface area contributed by atoms with Crippen LogP contribution in [0.15, 0.2) is 22.7 Å². The Kier molecular flexibility index (Phi) is 2.71. The van der Waals surface area contributed by atoms with Crippen LogP contribution in [0, 0.1) is 5.82 Å². The molecule has 0 atom stereocenters. The highest BCUT2D eigenvalue weighted by Gasteiger charge is 2.30. The maximum Gasteiger partial charge on any atom is 0.134 e. The van der Waals surface area contributed by atoms with Gasteiger partial charge in [0, 0.05) is 5.92 Å².